The van der Waals surface area contributed by atoms with Crippen LogP contribution < -0.4 is 5.56 Å². The Bertz CT molecular complexity index is 1040. The molecule has 0 spiro atoms. The van der Waals surface area contributed by atoms with Crippen molar-refractivity contribution in [3.63, 3.8) is 0 Å². The number of hydrogen-bond acceptors (Lipinski definition) is 8. The average molecular weight is 377 g/mol. The number of ether oxygens (including phenoxy) is 1. The van der Waals surface area contributed by atoms with Gasteiger partial charge in [0, 0.05) is 24.6 Å². The van der Waals surface area contributed by atoms with Crippen LogP contribution in [0.4, 0.5) is 11.4 Å². The van der Waals surface area contributed by atoms with Crippen molar-refractivity contribution in [1.29, 1.82) is 0 Å². The number of nitro benzene ring substituents is 2. The molecule has 0 aliphatic heterocycles. The minimum absolute atomic E-state index is 0.0360. The highest BCUT2D eigenvalue weighted by Crippen LogP contribution is 2.35. The van der Waals surface area contributed by atoms with Gasteiger partial charge >= 0.3 is 5.97 Å². The van der Waals surface area contributed by atoms with Gasteiger partial charge in [-0.15, -0.1) is 0 Å². The number of ketones is 1. The number of non-ortho nitro benzene ring substituents is 2. The first kappa shape index (κ1) is 19.7. The summed E-state index contributed by atoms with van der Waals surface area (Å²) in [6, 6.07) is 2.67. The van der Waals surface area contributed by atoms with E-state index in [4.69, 9.17) is 4.74 Å². The molecule has 0 fully saturated rings. The molecule has 0 N–H and O–H groups in total. The number of aromatic nitrogens is 1. The maximum absolute atomic E-state index is 12.3. The zero-order valence-corrected chi connectivity index (χ0v) is 14.6. The number of fused-ring (bicyclic) bond motifs is 1. The Morgan fingerprint density at radius 1 is 1.19 bits per heavy atom. The van der Waals surface area contributed by atoms with Gasteiger partial charge in [0.05, 0.1) is 22.5 Å². The minimum Gasteiger partial charge on any atom is -0.465 e. The third-order valence-electron chi connectivity index (χ3n) is 3.98. The molecule has 2 aromatic rings. The summed E-state index contributed by atoms with van der Waals surface area (Å²) in [4.78, 5) is 57.5. The quantitative estimate of drug-likeness (QED) is 0.318. The van der Waals surface area contributed by atoms with Gasteiger partial charge in [0.2, 0.25) is 0 Å². The van der Waals surface area contributed by atoms with Crippen LogP contribution in [0, 0.1) is 20.2 Å². The summed E-state index contributed by atoms with van der Waals surface area (Å²) < 4.78 is 5.79. The summed E-state index contributed by atoms with van der Waals surface area (Å²) in [5, 5.41) is 22.5. The van der Waals surface area contributed by atoms with E-state index in [0.717, 1.165) is 29.7 Å². The Morgan fingerprint density at radius 2 is 1.81 bits per heavy atom. The fourth-order valence-electron chi connectivity index (χ4n) is 2.82. The number of nitrogens with zero attached hydrogens (tertiary/aromatic N) is 3. The molecule has 11 nitrogen and oxygen atoms in total. The van der Waals surface area contributed by atoms with Crippen molar-refractivity contribution in [2.45, 2.75) is 19.8 Å². The molecule has 0 bridgehead atoms. The van der Waals surface area contributed by atoms with E-state index in [1.54, 1.807) is 0 Å². The Balaban J connectivity index is 3.04. The summed E-state index contributed by atoms with van der Waals surface area (Å²) in [5.41, 5.74) is -2.42. The molecule has 0 saturated heterocycles. The molecule has 142 valence electrons. The maximum atomic E-state index is 12.3. The van der Waals surface area contributed by atoms with E-state index in [-0.39, 0.29) is 23.1 Å². The van der Waals surface area contributed by atoms with Gasteiger partial charge in [-0.3, -0.25) is 34.6 Å². The number of Topliss-reactive ketones (excluding diaryl/α,β-unsaturated/α-hetero) is 1. The van der Waals surface area contributed by atoms with E-state index < -0.39 is 44.5 Å². The fourth-order valence-corrected chi connectivity index (χ4v) is 2.82. The topological polar surface area (TPSA) is 152 Å². The minimum atomic E-state index is -1.54. The molecule has 11 heteroatoms. The highest BCUT2D eigenvalue weighted by atomic mass is 16.6. The standard InChI is InChI=1S/C16H15N3O8/c1-4-27-16(22)14(8(2)20)10-7-13(21)17(3)15-11(10)5-9(18(23)24)6-12(15)19(25)26/h5-7,14H,4H2,1-3H3. The van der Waals surface area contributed by atoms with Crippen molar-refractivity contribution < 1.29 is 24.2 Å². The summed E-state index contributed by atoms with van der Waals surface area (Å²) >= 11 is 0. The lowest BCUT2D eigenvalue weighted by Crippen LogP contribution is -2.26. The number of aryl methyl sites for hydroxylation is 1. The highest BCUT2D eigenvalue weighted by Gasteiger charge is 2.32. The first-order valence-corrected chi connectivity index (χ1v) is 7.73. The van der Waals surface area contributed by atoms with Crippen molar-refractivity contribution in [3.05, 3.63) is 54.3 Å². The molecule has 2 rings (SSSR count). The van der Waals surface area contributed by atoms with Gasteiger partial charge in [-0.1, -0.05) is 0 Å². The first-order chi connectivity index (χ1) is 12.6. The molecule has 27 heavy (non-hydrogen) atoms. The van der Waals surface area contributed by atoms with E-state index >= 15 is 0 Å². The second-order valence-corrected chi connectivity index (χ2v) is 5.67. The van der Waals surface area contributed by atoms with Crippen LogP contribution in [0.2, 0.25) is 0 Å². The predicted molar refractivity (Wildman–Crippen MR) is 92.6 cm³/mol. The van der Waals surface area contributed by atoms with Crippen LogP contribution in [-0.2, 0) is 21.4 Å². The van der Waals surface area contributed by atoms with Gasteiger partial charge in [-0.05, 0) is 19.4 Å². The molecule has 1 unspecified atom stereocenters. The van der Waals surface area contributed by atoms with Crippen LogP contribution in [0.1, 0.15) is 25.3 Å². The maximum Gasteiger partial charge on any atom is 0.321 e. The van der Waals surface area contributed by atoms with Crippen molar-refractivity contribution in [2.75, 3.05) is 6.61 Å². The van der Waals surface area contributed by atoms with Gasteiger partial charge in [0.1, 0.15) is 17.2 Å². The Labute approximate surface area is 151 Å². The van der Waals surface area contributed by atoms with Crippen molar-refractivity contribution in [1.82, 2.24) is 4.57 Å². The van der Waals surface area contributed by atoms with Gasteiger partial charge in [0.15, 0.2) is 0 Å². The molecule has 1 aromatic heterocycles. The monoisotopic (exact) mass is 377 g/mol. The molecule has 1 aromatic carbocycles. The zero-order chi connectivity index (χ0) is 20.5. The normalized spacial score (nSPS) is 11.8. The van der Waals surface area contributed by atoms with E-state index in [9.17, 15) is 34.6 Å². The van der Waals surface area contributed by atoms with Gasteiger partial charge in [-0.25, -0.2) is 0 Å². The van der Waals surface area contributed by atoms with Crippen molar-refractivity contribution >= 4 is 34.0 Å². The van der Waals surface area contributed by atoms with E-state index in [1.165, 1.54) is 14.0 Å². The lowest BCUT2D eigenvalue weighted by molar-refractivity contribution is -0.393. The number of hydrogen-bond donors (Lipinski definition) is 0. The number of benzene rings is 1. The van der Waals surface area contributed by atoms with Gasteiger partial charge in [0.25, 0.3) is 16.9 Å². The van der Waals surface area contributed by atoms with Crippen molar-refractivity contribution in [3.8, 4) is 0 Å². The van der Waals surface area contributed by atoms with Gasteiger partial charge in [-0.2, -0.15) is 0 Å². The molecule has 0 radical (unpaired) electrons. The van der Waals surface area contributed by atoms with Crippen LogP contribution in [0.5, 0.6) is 0 Å². The van der Waals surface area contributed by atoms with Crippen LogP contribution >= 0.6 is 0 Å². The van der Waals surface area contributed by atoms with E-state index in [1.807, 2.05) is 0 Å². The molecule has 1 heterocycles. The molecular weight excluding hydrogens is 362 g/mol. The number of carbonyl (C=O) groups is 2. The number of rotatable bonds is 6. The van der Waals surface area contributed by atoms with Crippen LogP contribution in [0.3, 0.4) is 0 Å². The molecule has 0 amide bonds. The van der Waals surface area contributed by atoms with Crippen LogP contribution in [-0.4, -0.2) is 32.8 Å². The van der Waals surface area contributed by atoms with E-state index in [2.05, 4.69) is 0 Å². The Morgan fingerprint density at radius 3 is 2.30 bits per heavy atom. The lowest BCUT2D eigenvalue weighted by Gasteiger charge is -2.16. The molecule has 0 aliphatic carbocycles. The summed E-state index contributed by atoms with van der Waals surface area (Å²) in [6.45, 7) is 2.58. The third-order valence-corrected chi connectivity index (χ3v) is 3.98. The first-order valence-electron chi connectivity index (χ1n) is 7.73. The zero-order valence-electron chi connectivity index (χ0n) is 14.6. The summed E-state index contributed by atoms with van der Waals surface area (Å²) in [5.74, 6) is -3.16. The number of esters is 1. The Kier molecular flexibility index (Phi) is 5.34. The highest BCUT2D eigenvalue weighted by molar-refractivity contribution is 6.07. The number of carbonyl (C=O) groups excluding carboxylic acids is 2. The summed E-state index contributed by atoms with van der Waals surface area (Å²) in [6.07, 6.45) is 0. The van der Waals surface area contributed by atoms with Crippen molar-refractivity contribution in [2.24, 2.45) is 7.05 Å². The number of pyridine rings is 1. The molecule has 0 saturated carbocycles. The van der Waals surface area contributed by atoms with Gasteiger partial charge < -0.3 is 9.30 Å². The molecule has 1 atom stereocenters. The Hall–Kier alpha value is -3.63. The summed E-state index contributed by atoms with van der Waals surface area (Å²) in [7, 11) is 1.25. The molecular formula is C16H15N3O8. The third kappa shape index (κ3) is 3.52. The average Bonchev–Trinajstić information content (AvgIpc) is 2.58. The van der Waals surface area contributed by atoms with E-state index in [0.29, 0.717) is 0 Å². The van der Waals surface area contributed by atoms with Crippen LogP contribution in [0.25, 0.3) is 10.9 Å². The fraction of sp³-hybridized carbons (Fsp3) is 0.312. The largest absolute Gasteiger partial charge is 0.465 e. The predicted octanol–water partition coefficient (Wildman–Crippen LogP) is 1.59. The smallest absolute Gasteiger partial charge is 0.321 e. The lowest BCUT2D eigenvalue weighted by atomic mass is 9.91. The van der Waals surface area contributed by atoms with Crippen LogP contribution in [0.15, 0.2) is 23.0 Å². The number of nitro groups is 2. The second-order valence-electron chi connectivity index (χ2n) is 5.67. The SMILES string of the molecule is CCOC(=O)C(C(C)=O)c1cc(=O)n(C)c2c([N+](=O)[O-])cc([N+](=O)[O-])cc12. The molecule has 0 aliphatic rings. The second kappa shape index (κ2) is 7.32.